The van der Waals surface area contributed by atoms with Gasteiger partial charge in [-0.2, -0.15) is 5.10 Å². The third-order valence-corrected chi connectivity index (χ3v) is 3.77. The standard InChI is InChI=1S/C18H18N4O3/c1-12-20-15-5-3-4-6-16(15)22(12)11-18(24)21-19-10-13-9-14(25-2)7-8-17(13)23/h3-10,23H,11H2,1-2H3,(H,21,24)/b19-10+. The second-order valence-electron chi connectivity index (χ2n) is 5.45. The van der Waals surface area contributed by atoms with E-state index in [1.807, 2.05) is 35.8 Å². The molecule has 0 unspecified atom stereocenters. The first-order valence-electron chi connectivity index (χ1n) is 7.69. The van der Waals surface area contributed by atoms with Crippen molar-refractivity contribution in [1.29, 1.82) is 0 Å². The second-order valence-corrected chi connectivity index (χ2v) is 5.45. The highest BCUT2D eigenvalue weighted by Crippen LogP contribution is 2.21. The average Bonchev–Trinajstić information content (AvgIpc) is 2.92. The number of phenols is 1. The minimum absolute atomic E-state index is 0.0512. The van der Waals surface area contributed by atoms with Gasteiger partial charge in [-0.05, 0) is 37.3 Å². The number of rotatable bonds is 5. The van der Waals surface area contributed by atoms with Crippen molar-refractivity contribution < 1.29 is 14.6 Å². The molecule has 2 aromatic carbocycles. The zero-order valence-electron chi connectivity index (χ0n) is 13.9. The molecule has 2 N–H and O–H groups in total. The summed E-state index contributed by atoms with van der Waals surface area (Å²) in [5, 5.41) is 13.7. The van der Waals surface area contributed by atoms with Crippen LogP contribution in [0, 0.1) is 6.92 Å². The topological polar surface area (TPSA) is 88.7 Å². The first-order chi connectivity index (χ1) is 12.1. The Labute approximate surface area is 144 Å². The quantitative estimate of drug-likeness (QED) is 0.551. The van der Waals surface area contributed by atoms with E-state index in [4.69, 9.17) is 4.74 Å². The lowest BCUT2D eigenvalue weighted by Gasteiger charge is -2.06. The summed E-state index contributed by atoms with van der Waals surface area (Å²) in [6, 6.07) is 12.4. The van der Waals surface area contributed by atoms with Crippen LogP contribution in [0.1, 0.15) is 11.4 Å². The van der Waals surface area contributed by atoms with Gasteiger partial charge in [0, 0.05) is 5.56 Å². The summed E-state index contributed by atoms with van der Waals surface area (Å²) in [4.78, 5) is 16.6. The summed E-state index contributed by atoms with van der Waals surface area (Å²) >= 11 is 0. The monoisotopic (exact) mass is 338 g/mol. The van der Waals surface area contributed by atoms with Crippen molar-refractivity contribution in [2.75, 3.05) is 7.11 Å². The maximum atomic E-state index is 12.1. The van der Waals surface area contributed by atoms with Gasteiger partial charge >= 0.3 is 0 Å². The fourth-order valence-corrected chi connectivity index (χ4v) is 2.51. The van der Waals surface area contributed by atoms with E-state index in [0.717, 1.165) is 16.9 Å². The minimum atomic E-state index is -0.287. The molecule has 0 aliphatic rings. The summed E-state index contributed by atoms with van der Waals surface area (Å²) in [7, 11) is 1.53. The zero-order chi connectivity index (χ0) is 17.8. The van der Waals surface area contributed by atoms with Crippen molar-refractivity contribution in [2.24, 2.45) is 5.10 Å². The number of aromatic nitrogens is 2. The van der Waals surface area contributed by atoms with Crippen molar-refractivity contribution in [1.82, 2.24) is 15.0 Å². The fraction of sp³-hybridized carbons (Fsp3) is 0.167. The van der Waals surface area contributed by atoms with Crippen LogP contribution in [0.15, 0.2) is 47.6 Å². The molecular formula is C18H18N4O3. The van der Waals surface area contributed by atoms with E-state index in [1.54, 1.807) is 12.1 Å². The lowest BCUT2D eigenvalue weighted by atomic mass is 10.2. The van der Waals surface area contributed by atoms with Crippen molar-refractivity contribution in [3.63, 3.8) is 0 Å². The predicted molar refractivity (Wildman–Crippen MR) is 94.9 cm³/mol. The van der Waals surface area contributed by atoms with Gasteiger partial charge < -0.3 is 14.4 Å². The number of benzene rings is 2. The Hall–Kier alpha value is -3.35. The Balaban J connectivity index is 1.70. The SMILES string of the molecule is COc1ccc(O)c(/C=N/NC(=O)Cn2c(C)nc3ccccc32)c1. The molecule has 0 fully saturated rings. The summed E-state index contributed by atoms with van der Waals surface area (Å²) < 4.78 is 6.91. The Morgan fingerprint density at radius 3 is 2.96 bits per heavy atom. The molecule has 1 aromatic heterocycles. The Morgan fingerprint density at radius 1 is 1.36 bits per heavy atom. The van der Waals surface area contributed by atoms with Gasteiger partial charge in [-0.15, -0.1) is 0 Å². The number of phenolic OH excluding ortho intramolecular Hbond substituents is 1. The van der Waals surface area contributed by atoms with Crippen molar-refractivity contribution >= 4 is 23.2 Å². The number of carbonyl (C=O) groups is 1. The number of imidazole rings is 1. The molecule has 7 heteroatoms. The second kappa shape index (κ2) is 7.04. The number of amides is 1. The molecule has 0 saturated heterocycles. The summed E-state index contributed by atoms with van der Waals surface area (Å²) in [5.74, 6) is 1.11. The molecule has 3 rings (SSSR count). The number of hydrogen-bond acceptors (Lipinski definition) is 5. The van der Waals surface area contributed by atoms with Crippen molar-refractivity contribution in [2.45, 2.75) is 13.5 Å². The Morgan fingerprint density at radius 2 is 2.16 bits per heavy atom. The van der Waals surface area contributed by atoms with Gasteiger partial charge in [-0.1, -0.05) is 12.1 Å². The number of fused-ring (bicyclic) bond motifs is 1. The third-order valence-electron chi connectivity index (χ3n) is 3.77. The van der Waals surface area contributed by atoms with Gasteiger partial charge in [0.25, 0.3) is 5.91 Å². The highest BCUT2D eigenvalue weighted by Gasteiger charge is 2.10. The van der Waals surface area contributed by atoms with E-state index in [1.165, 1.54) is 19.4 Å². The summed E-state index contributed by atoms with van der Waals surface area (Å²) in [5.41, 5.74) is 4.64. The van der Waals surface area contributed by atoms with E-state index >= 15 is 0 Å². The highest BCUT2D eigenvalue weighted by atomic mass is 16.5. The third kappa shape index (κ3) is 3.60. The summed E-state index contributed by atoms with van der Waals surface area (Å²) in [6.45, 7) is 1.96. The first-order valence-corrected chi connectivity index (χ1v) is 7.69. The molecule has 1 amide bonds. The number of aromatic hydroxyl groups is 1. The van der Waals surface area contributed by atoms with Crippen LogP contribution in [0.2, 0.25) is 0 Å². The maximum absolute atomic E-state index is 12.1. The van der Waals surface area contributed by atoms with Crippen molar-refractivity contribution in [3.05, 3.63) is 53.9 Å². The molecule has 7 nitrogen and oxygen atoms in total. The molecule has 0 radical (unpaired) electrons. The van der Waals surface area contributed by atoms with Gasteiger partial charge in [-0.3, -0.25) is 4.79 Å². The fourth-order valence-electron chi connectivity index (χ4n) is 2.51. The zero-order valence-corrected chi connectivity index (χ0v) is 13.9. The predicted octanol–water partition coefficient (Wildman–Crippen LogP) is 2.21. The molecule has 128 valence electrons. The maximum Gasteiger partial charge on any atom is 0.260 e. The van der Waals surface area contributed by atoms with Gasteiger partial charge in [0.05, 0.1) is 24.4 Å². The van der Waals surface area contributed by atoms with E-state index in [0.29, 0.717) is 11.3 Å². The van der Waals surface area contributed by atoms with E-state index in [9.17, 15) is 9.90 Å². The Bertz CT molecular complexity index is 947. The number of aryl methyl sites for hydroxylation is 1. The molecule has 25 heavy (non-hydrogen) atoms. The normalized spacial score (nSPS) is 11.1. The smallest absolute Gasteiger partial charge is 0.260 e. The lowest BCUT2D eigenvalue weighted by molar-refractivity contribution is -0.121. The molecule has 0 aliphatic heterocycles. The number of nitrogens with zero attached hydrogens (tertiary/aromatic N) is 3. The van der Waals surface area contributed by atoms with Crippen LogP contribution < -0.4 is 10.2 Å². The number of ether oxygens (including phenoxy) is 1. The lowest BCUT2D eigenvalue weighted by Crippen LogP contribution is -2.23. The number of para-hydroxylation sites is 2. The number of hydrogen-bond donors (Lipinski definition) is 2. The molecule has 0 spiro atoms. The first kappa shape index (κ1) is 16.5. The number of nitrogens with one attached hydrogen (secondary N) is 1. The van der Waals surface area contributed by atoms with Gasteiger partial charge in [0.2, 0.25) is 0 Å². The van der Waals surface area contributed by atoms with E-state index in [2.05, 4.69) is 15.5 Å². The molecule has 0 saturated carbocycles. The van der Waals surface area contributed by atoms with Gasteiger partial charge in [0.1, 0.15) is 23.9 Å². The number of carbonyl (C=O) groups excluding carboxylic acids is 1. The van der Waals surface area contributed by atoms with Crippen LogP contribution in [0.5, 0.6) is 11.5 Å². The number of hydrazone groups is 1. The van der Waals surface area contributed by atoms with Crippen LogP contribution in [-0.4, -0.2) is 33.9 Å². The molecule has 3 aromatic rings. The highest BCUT2D eigenvalue weighted by molar-refractivity contribution is 5.86. The van der Waals surface area contributed by atoms with E-state index in [-0.39, 0.29) is 18.2 Å². The Kier molecular flexibility index (Phi) is 4.65. The minimum Gasteiger partial charge on any atom is -0.507 e. The molecule has 0 aliphatic carbocycles. The molecular weight excluding hydrogens is 320 g/mol. The number of methoxy groups -OCH3 is 1. The van der Waals surface area contributed by atoms with Gasteiger partial charge in [0.15, 0.2) is 0 Å². The summed E-state index contributed by atoms with van der Waals surface area (Å²) in [6.07, 6.45) is 1.37. The van der Waals surface area contributed by atoms with Crippen LogP contribution in [0.4, 0.5) is 0 Å². The van der Waals surface area contributed by atoms with Crippen LogP contribution >= 0.6 is 0 Å². The van der Waals surface area contributed by atoms with E-state index < -0.39 is 0 Å². The van der Waals surface area contributed by atoms with Crippen molar-refractivity contribution in [3.8, 4) is 11.5 Å². The molecule has 1 heterocycles. The van der Waals surface area contributed by atoms with Crippen LogP contribution in [0.3, 0.4) is 0 Å². The largest absolute Gasteiger partial charge is 0.507 e. The average molecular weight is 338 g/mol. The van der Waals surface area contributed by atoms with Crippen LogP contribution in [-0.2, 0) is 11.3 Å². The van der Waals surface area contributed by atoms with Crippen LogP contribution in [0.25, 0.3) is 11.0 Å². The molecule has 0 bridgehead atoms. The molecule has 0 atom stereocenters. The van der Waals surface area contributed by atoms with Gasteiger partial charge in [-0.25, -0.2) is 10.4 Å².